The van der Waals surface area contributed by atoms with Gasteiger partial charge in [0.25, 0.3) is 5.91 Å². The lowest BCUT2D eigenvalue weighted by molar-refractivity contribution is -0.136. The Morgan fingerprint density at radius 2 is 1.76 bits per heavy atom. The molecule has 0 spiro atoms. The Morgan fingerprint density at radius 1 is 1.03 bits per heavy atom. The van der Waals surface area contributed by atoms with Crippen LogP contribution in [0.3, 0.4) is 0 Å². The van der Waals surface area contributed by atoms with Crippen LogP contribution in [0.15, 0.2) is 53.2 Å². The molecule has 0 saturated carbocycles. The van der Waals surface area contributed by atoms with E-state index in [1.807, 2.05) is 19.9 Å². The van der Waals surface area contributed by atoms with Gasteiger partial charge in [0.2, 0.25) is 0 Å². The second kappa shape index (κ2) is 11.1. The van der Waals surface area contributed by atoms with E-state index in [4.69, 9.17) is 30.5 Å². The number of hydrogen-bond donors (Lipinski definition) is 0. The molecule has 0 aromatic heterocycles. The van der Waals surface area contributed by atoms with Crippen LogP contribution < -0.4 is 19.1 Å². The summed E-state index contributed by atoms with van der Waals surface area (Å²) in [6.45, 7) is 6.62. The first-order valence-corrected chi connectivity index (χ1v) is 11.3. The highest BCUT2D eigenvalue weighted by Gasteiger charge is 2.38. The SMILES string of the molecule is CCCOc1ccc(/C=C2\C(=O)N(c3ccc(OC)c(Cl)c3)C(C)=C2C(=O)OC)cc1OCC. The van der Waals surface area contributed by atoms with E-state index >= 15 is 0 Å². The van der Waals surface area contributed by atoms with Gasteiger partial charge in [-0.15, -0.1) is 0 Å². The topological polar surface area (TPSA) is 74.3 Å². The lowest BCUT2D eigenvalue weighted by atomic mass is 10.0. The first kappa shape index (κ1) is 25.2. The summed E-state index contributed by atoms with van der Waals surface area (Å²) in [5.41, 5.74) is 2.03. The van der Waals surface area contributed by atoms with Crippen LogP contribution in [0.4, 0.5) is 5.69 Å². The molecule has 0 fully saturated rings. The standard InChI is InChI=1S/C26H28ClNO6/c1-6-12-34-22-10-8-17(14-23(22)33-7-2)13-19-24(26(30)32-5)16(3)28(25(19)29)18-9-11-21(31-4)20(27)15-18/h8-11,13-15H,6-7,12H2,1-5H3/b19-13-. The van der Waals surface area contributed by atoms with E-state index in [1.165, 1.54) is 19.1 Å². The fourth-order valence-electron chi connectivity index (χ4n) is 3.67. The maximum Gasteiger partial charge on any atom is 0.340 e. The summed E-state index contributed by atoms with van der Waals surface area (Å²) in [7, 11) is 2.79. The number of halogens is 1. The number of rotatable bonds is 9. The van der Waals surface area contributed by atoms with E-state index in [0.29, 0.717) is 52.4 Å². The van der Waals surface area contributed by atoms with Gasteiger partial charge in [-0.25, -0.2) is 4.79 Å². The molecule has 0 saturated heterocycles. The number of carbonyl (C=O) groups excluding carboxylic acids is 2. The minimum atomic E-state index is -0.605. The van der Waals surface area contributed by atoms with Crippen molar-refractivity contribution in [2.45, 2.75) is 27.2 Å². The number of ether oxygens (including phenoxy) is 4. The molecule has 2 aromatic rings. The number of hydrogen-bond acceptors (Lipinski definition) is 6. The Kier molecular flexibility index (Phi) is 8.23. The number of amides is 1. The van der Waals surface area contributed by atoms with E-state index in [1.54, 1.807) is 43.3 Å². The molecule has 0 unspecified atom stereocenters. The van der Waals surface area contributed by atoms with Crippen LogP contribution >= 0.6 is 11.6 Å². The maximum absolute atomic E-state index is 13.5. The second-order valence-corrected chi connectivity index (χ2v) is 7.86. The lowest BCUT2D eigenvalue weighted by Crippen LogP contribution is -2.24. The van der Waals surface area contributed by atoms with E-state index in [2.05, 4.69) is 0 Å². The van der Waals surface area contributed by atoms with Crippen molar-refractivity contribution in [1.29, 1.82) is 0 Å². The Labute approximate surface area is 204 Å². The first-order valence-electron chi connectivity index (χ1n) is 10.9. The maximum atomic E-state index is 13.5. The Bertz CT molecular complexity index is 1150. The van der Waals surface area contributed by atoms with Gasteiger partial charge in [0.05, 0.1) is 49.3 Å². The number of benzene rings is 2. The number of nitrogens with zero attached hydrogens (tertiary/aromatic N) is 1. The summed E-state index contributed by atoms with van der Waals surface area (Å²) in [4.78, 5) is 27.6. The van der Waals surface area contributed by atoms with Crippen LogP contribution in [0.5, 0.6) is 17.2 Å². The van der Waals surface area contributed by atoms with Crippen LogP contribution in [-0.2, 0) is 14.3 Å². The quantitative estimate of drug-likeness (QED) is 0.349. The lowest BCUT2D eigenvalue weighted by Gasteiger charge is -2.19. The molecule has 0 radical (unpaired) electrons. The Morgan fingerprint density at radius 3 is 2.38 bits per heavy atom. The van der Waals surface area contributed by atoms with Crippen molar-refractivity contribution in [1.82, 2.24) is 0 Å². The van der Waals surface area contributed by atoms with Crippen molar-refractivity contribution < 1.29 is 28.5 Å². The molecule has 0 bridgehead atoms. The average Bonchev–Trinajstić information content (AvgIpc) is 3.07. The molecular formula is C26H28ClNO6. The van der Waals surface area contributed by atoms with Crippen LogP contribution in [0.25, 0.3) is 6.08 Å². The van der Waals surface area contributed by atoms with Gasteiger partial charge in [0, 0.05) is 5.70 Å². The van der Waals surface area contributed by atoms with Crippen molar-refractivity contribution in [3.63, 3.8) is 0 Å². The molecule has 0 N–H and O–H groups in total. The molecule has 1 amide bonds. The van der Waals surface area contributed by atoms with E-state index < -0.39 is 5.97 Å². The van der Waals surface area contributed by atoms with Gasteiger partial charge in [-0.1, -0.05) is 24.6 Å². The molecule has 2 aromatic carbocycles. The van der Waals surface area contributed by atoms with Crippen LogP contribution in [0.2, 0.25) is 5.02 Å². The normalized spacial score (nSPS) is 14.6. The third-order valence-corrected chi connectivity index (χ3v) is 5.52. The number of methoxy groups -OCH3 is 2. The predicted molar refractivity (Wildman–Crippen MR) is 132 cm³/mol. The smallest absolute Gasteiger partial charge is 0.340 e. The molecule has 7 nitrogen and oxygen atoms in total. The third kappa shape index (κ3) is 5.04. The summed E-state index contributed by atoms with van der Waals surface area (Å²) in [5, 5.41) is 0.349. The number of anilines is 1. The molecule has 1 heterocycles. The highest BCUT2D eigenvalue weighted by atomic mass is 35.5. The van der Waals surface area contributed by atoms with Gasteiger partial charge < -0.3 is 18.9 Å². The van der Waals surface area contributed by atoms with Gasteiger partial charge in [-0.3, -0.25) is 9.69 Å². The molecular weight excluding hydrogens is 458 g/mol. The summed E-state index contributed by atoms with van der Waals surface area (Å²) in [6.07, 6.45) is 2.51. The summed E-state index contributed by atoms with van der Waals surface area (Å²) in [6, 6.07) is 10.4. The Hall–Kier alpha value is -3.45. The zero-order valence-electron chi connectivity index (χ0n) is 19.9. The highest BCUT2D eigenvalue weighted by Crippen LogP contribution is 2.39. The number of carbonyl (C=O) groups is 2. The van der Waals surface area contributed by atoms with E-state index in [9.17, 15) is 9.59 Å². The molecule has 3 rings (SSSR count). The molecule has 0 atom stereocenters. The predicted octanol–water partition coefficient (Wildman–Crippen LogP) is 5.41. The van der Waals surface area contributed by atoms with Crippen LogP contribution in [-0.4, -0.2) is 39.3 Å². The molecule has 0 aliphatic carbocycles. The van der Waals surface area contributed by atoms with Crippen LogP contribution in [0.1, 0.15) is 32.8 Å². The van der Waals surface area contributed by atoms with Gasteiger partial charge in [0.15, 0.2) is 11.5 Å². The number of esters is 1. The van der Waals surface area contributed by atoms with Crippen molar-refractivity contribution in [2.75, 3.05) is 32.3 Å². The molecule has 8 heteroatoms. The molecule has 180 valence electrons. The minimum Gasteiger partial charge on any atom is -0.495 e. The zero-order valence-corrected chi connectivity index (χ0v) is 20.7. The summed E-state index contributed by atoms with van der Waals surface area (Å²) in [5.74, 6) is 0.694. The minimum absolute atomic E-state index is 0.184. The summed E-state index contributed by atoms with van der Waals surface area (Å²) < 4.78 is 21.7. The second-order valence-electron chi connectivity index (χ2n) is 7.46. The van der Waals surface area contributed by atoms with E-state index in [0.717, 1.165) is 6.42 Å². The van der Waals surface area contributed by atoms with Crippen molar-refractivity contribution in [3.8, 4) is 17.2 Å². The van der Waals surface area contributed by atoms with Gasteiger partial charge in [0.1, 0.15) is 5.75 Å². The molecule has 1 aliphatic heterocycles. The fraction of sp³-hybridized carbons (Fsp3) is 0.308. The first-order chi connectivity index (χ1) is 16.4. The fourth-order valence-corrected chi connectivity index (χ4v) is 3.92. The third-order valence-electron chi connectivity index (χ3n) is 5.22. The molecule has 1 aliphatic rings. The summed E-state index contributed by atoms with van der Waals surface area (Å²) >= 11 is 6.28. The van der Waals surface area contributed by atoms with Gasteiger partial charge in [-0.05, 0) is 62.2 Å². The number of allylic oxidation sites excluding steroid dienone is 1. The molecule has 34 heavy (non-hydrogen) atoms. The van der Waals surface area contributed by atoms with E-state index in [-0.39, 0.29) is 17.1 Å². The van der Waals surface area contributed by atoms with Gasteiger partial charge >= 0.3 is 5.97 Å². The van der Waals surface area contributed by atoms with Crippen molar-refractivity contribution in [2.24, 2.45) is 0 Å². The Balaban J connectivity index is 2.08. The van der Waals surface area contributed by atoms with Gasteiger partial charge in [-0.2, -0.15) is 0 Å². The van der Waals surface area contributed by atoms with Crippen molar-refractivity contribution >= 4 is 35.2 Å². The average molecular weight is 486 g/mol. The van der Waals surface area contributed by atoms with Crippen LogP contribution in [0, 0.1) is 0 Å². The monoisotopic (exact) mass is 485 g/mol. The van der Waals surface area contributed by atoms with Crippen molar-refractivity contribution in [3.05, 3.63) is 63.8 Å². The largest absolute Gasteiger partial charge is 0.495 e. The zero-order chi connectivity index (χ0) is 24.8. The highest BCUT2D eigenvalue weighted by molar-refractivity contribution is 6.32.